The lowest BCUT2D eigenvalue weighted by molar-refractivity contribution is -0.138. The molecule has 1 aliphatic rings. The Labute approximate surface area is 190 Å². The van der Waals surface area contributed by atoms with Gasteiger partial charge in [0.1, 0.15) is 17.2 Å². The molecule has 1 aromatic heterocycles. The normalized spacial score (nSPS) is 19.4. The Morgan fingerprint density at radius 3 is 2.47 bits per heavy atom. The molecule has 176 valence electrons. The molecule has 2 heterocycles. The molecule has 1 aliphatic heterocycles. The topological polar surface area (TPSA) is 73.8 Å². The van der Waals surface area contributed by atoms with Crippen molar-refractivity contribution in [2.24, 2.45) is 0 Å². The van der Waals surface area contributed by atoms with Gasteiger partial charge in [0.25, 0.3) is 0 Å². The molecule has 12 heteroatoms. The molecular weight excluding hydrogens is 502 g/mol. The number of halogens is 5. The van der Waals surface area contributed by atoms with Gasteiger partial charge < -0.3 is 19.1 Å². The highest BCUT2D eigenvalue weighted by Crippen LogP contribution is 2.41. The monoisotopic (exact) mass is 523 g/mol. The number of carbonyl (C=O) groups excluding carboxylic acids is 1. The Morgan fingerprint density at radius 1 is 1.25 bits per heavy atom. The van der Waals surface area contributed by atoms with E-state index in [0.29, 0.717) is 13.0 Å². The molecule has 3 rings (SSSR count). The summed E-state index contributed by atoms with van der Waals surface area (Å²) in [6.45, 7) is 7.26. The van der Waals surface area contributed by atoms with Crippen LogP contribution in [0.3, 0.4) is 0 Å². The van der Waals surface area contributed by atoms with Gasteiger partial charge in [0.15, 0.2) is 5.82 Å². The predicted octanol–water partition coefficient (Wildman–Crippen LogP) is 5.34. The van der Waals surface area contributed by atoms with Crippen LogP contribution in [0.2, 0.25) is 0 Å². The largest absolute Gasteiger partial charge is 0.471 e. The van der Waals surface area contributed by atoms with E-state index in [4.69, 9.17) is 14.2 Å². The first-order chi connectivity index (χ1) is 14.7. The zero-order valence-electron chi connectivity index (χ0n) is 18.0. The first-order valence-electron chi connectivity index (χ1n) is 9.70. The van der Waals surface area contributed by atoms with E-state index in [1.54, 1.807) is 27.7 Å². The lowest BCUT2D eigenvalue weighted by Crippen LogP contribution is -2.42. The number of alkyl halides is 3. The van der Waals surface area contributed by atoms with Gasteiger partial charge in [0.2, 0.25) is 5.88 Å². The van der Waals surface area contributed by atoms with Crippen LogP contribution in [-0.2, 0) is 10.9 Å². The first-order valence-corrected chi connectivity index (χ1v) is 10.5. The summed E-state index contributed by atoms with van der Waals surface area (Å²) in [4.78, 5) is 21.8. The maximum Gasteiger partial charge on any atom is 0.417 e. The molecule has 7 nitrogen and oxygen atoms in total. The summed E-state index contributed by atoms with van der Waals surface area (Å²) >= 11 is 2.66. The number of methoxy groups -OCH3 is 1. The maximum absolute atomic E-state index is 14.8. The number of likely N-dealkylation sites (tertiary alicyclic amines) is 1. The number of carbonyl (C=O) groups is 1. The van der Waals surface area contributed by atoms with Crippen molar-refractivity contribution in [3.8, 4) is 11.9 Å². The van der Waals surface area contributed by atoms with Gasteiger partial charge in [-0.15, -0.1) is 0 Å². The van der Waals surface area contributed by atoms with E-state index < -0.39 is 45.9 Å². The van der Waals surface area contributed by atoms with Crippen molar-refractivity contribution in [2.45, 2.75) is 58.0 Å². The molecule has 0 radical (unpaired) electrons. The van der Waals surface area contributed by atoms with Crippen molar-refractivity contribution >= 4 is 32.9 Å². The number of rotatable bonds is 3. The lowest BCUT2D eigenvalue weighted by atomic mass is 10.1. The van der Waals surface area contributed by atoms with Gasteiger partial charge in [-0.3, -0.25) is 0 Å². The molecule has 2 atom stereocenters. The van der Waals surface area contributed by atoms with E-state index in [0.717, 1.165) is 6.07 Å². The molecular formula is C20H22BrF4N3O4. The standard InChI is InChI=1S/C20H22BrF4N3O4/c1-9-12(6-7-28(9)18(29)32-19(2,3)4)31-16-10-8-11(20(23,24)25)13(21)14(22)15(10)26-17(27-16)30-5/h8-9,12H,6-7H2,1-5H3. The number of fused-ring (bicyclic) bond motifs is 1. The van der Waals surface area contributed by atoms with Crippen LogP contribution >= 0.6 is 15.9 Å². The van der Waals surface area contributed by atoms with E-state index in [2.05, 4.69) is 25.9 Å². The lowest BCUT2D eigenvalue weighted by Gasteiger charge is -2.28. The minimum Gasteiger partial charge on any atom is -0.471 e. The van der Waals surface area contributed by atoms with Crippen molar-refractivity contribution < 1.29 is 36.6 Å². The third-order valence-corrected chi connectivity index (χ3v) is 5.65. The zero-order valence-corrected chi connectivity index (χ0v) is 19.6. The van der Waals surface area contributed by atoms with Crippen LogP contribution in [0.4, 0.5) is 22.4 Å². The highest BCUT2D eigenvalue weighted by atomic mass is 79.9. The van der Waals surface area contributed by atoms with Crippen molar-refractivity contribution in [2.75, 3.05) is 13.7 Å². The number of hydrogen-bond acceptors (Lipinski definition) is 6. The van der Waals surface area contributed by atoms with E-state index in [9.17, 15) is 22.4 Å². The zero-order chi connectivity index (χ0) is 24.0. The van der Waals surface area contributed by atoms with Gasteiger partial charge >= 0.3 is 18.3 Å². The molecule has 1 aromatic carbocycles. The highest BCUT2D eigenvalue weighted by Gasteiger charge is 2.39. The van der Waals surface area contributed by atoms with E-state index in [1.165, 1.54) is 12.0 Å². The van der Waals surface area contributed by atoms with Gasteiger partial charge in [-0.25, -0.2) is 9.18 Å². The minimum atomic E-state index is -4.82. The summed E-state index contributed by atoms with van der Waals surface area (Å²) in [6.07, 6.45) is -5.60. The predicted molar refractivity (Wildman–Crippen MR) is 110 cm³/mol. The molecule has 0 aliphatic carbocycles. The van der Waals surface area contributed by atoms with E-state index in [-0.39, 0.29) is 22.8 Å². The summed E-state index contributed by atoms with van der Waals surface area (Å²) in [5, 5.41) is -0.262. The fraction of sp³-hybridized carbons (Fsp3) is 0.550. The molecule has 0 saturated carbocycles. The van der Waals surface area contributed by atoms with Crippen LogP contribution in [0.25, 0.3) is 10.9 Å². The molecule has 0 N–H and O–H groups in total. The van der Waals surface area contributed by atoms with Crippen LogP contribution < -0.4 is 9.47 Å². The Morgan fingerprint density at radius 2 is 1.91 bits per heavy atom. The Hall–Kier alpha value is -2.37. The number of amides is 1. The third-order valence-electron chi connectivity index (χ3n) is 4.88. The van der Waals surface area contributed by atoms with Crippen LogP contribution in [0.1, 0.15) is 39.7 Å². The van der Waals surface area contributed by atoms with Gasteiger partial charge in [0.05, 0.1) is 28.6 Å². The number of benzene rings is 1. The summed E-state index contributed by atoms with van der Waals surface area (Å²) in [5.41, 5.74) is -2.30. The fourth-order valence-corrected chi connectivity index (χ4v) is 3.86. The molecule has 0 bridgehead atoms. The summed E-state index contributed by atoms with van der Waals surface area (Å²) in [7, 11) is 1.24. The second kappa shape index (κ2) is 8.53. The van der Waals surface area contributed by atoms with Crippen molar-refractivity contribution in [1.29, 1.82) is 0 Å². The summed E-state index contributed by atoms with van der Waals surface area (Å²) in [6, 6.07) is -0.0151. The second-order valence-corrected chi connectivity index (χ2v) is 9.11. The smallest absolute Gasteiger partial charge is 0.417 e. The molecule has 1 amide bonds. The van der Waals surface area contributed by atoms with E-state index >= 15 is 0 Å². The van der Waals surface area contributed by atoms with Crippen molar-refractivity contribution in [1.82, 2.24) is 14.9 Å². The van der Waals surface area contributed by atoms with Crippen LogP contribution in [-0.4, -0.2) is 52.4 Å². The third kappa shape index (κ3) is 4.84. The Kier molecular flexibility index (Phi) is 6.47. The number of aromatic nitrogens is 2. The number of hydrogen-bond donors (Lipinski definition) is 0. The highest BCUT2D eigenvalue weighted by molar-refractivity contribution is 9.10. The van der Waals surface area contributed by atoms with E-state index in [1.807, 2.05) is 0 Å². The van der Waals surface area contributed by atoms with Crippen molar-refractivity contribution in [3.05, 3.63) is 21.9 Å². The molecule has 1 saturated heterocycles. The second-order valence-electron chi connectivity index (χ2n) is 8.32. The number of ether oxygens (including phenoxy) is 3. The molecule has 2 aromatic rings. The SMILES string of the molecule is COc1nc(OC2CCN(C(=O)OC(C)(C)C)C2C)c2cc(C(F)(F)F)c(Br)c(F)c2n1. The molecule has 0 spiro atoms. The van der Waals surface area contributed by atoms with Gasteiger partial charge in [-0.1, -0.05) is 0 Å². The van der Waals surface area contributed by atoms with Gasteiger partial charge in [0, 0.05) is 13.0 Å². The average Bonchev–Trinajstić information content (AvgIpc) is 3.02. The summed E-state index contributed by atoms with van der Waals surface area (Å²) in [5.74, 6) is -1.48. The first kappa shape index (κ1) is 24.3. The Balaban J connectivity index is 2.00. The van der Waals surface area contributed by atoms with Crippen LogP contribution in [0.15, 0.2) is 10.5 Å². The van der Waals surface area contributed by atoms with Crippen molar-refractivity contribution in [3.63, 3.8) is 0 Å². The summed E-state index contributed by atoms with van der Waals surface area (Å²) < 4.78 is 70.5. The average molecular weight is 524 g/mol. The molecule has 1 fully saturated rings. The number of nitrogens with zero attached hydrogens (tertiary/aromatic N) is 3. The van der Waals surface area contributed by atoms with Gasteiger partial charge in [-0.2, -0.15) is 23.1 Å². The fourth-order valence-electron chi connectivity index (χ4n) is 3.33. The molecule has 32 heavy (non-hydrogen) atoms. The molecule has 2 unspecified atom stereocenters. The van der Waals surface area contributed by atoms with Crippen LogP contribution in [0.5, 0.6) is 11.9 Å². The minimum absolute atomic E-state index is 0.262. The van der Waals surface area contributed by atoms with Gasteiger partial charge in [-0.05, 0) is 49.7 Å². The Bertz CT molecular complexity index is 1040. The maximum atomic E-state index is 14.8. The van der Waals surface area contributed by atoms with Crippen LogP contribution in [0, 0.1) is 5.82 Å². The quantitative estimate of drug-likeness (QED) is 0.506.